The number of nitrogens with one attached hydrogen (secondary N) is 2. The third-order valence-electron chi connectivity index (χ3n) is 4.84. The predicted octanol–water partition coefficient (Wildman–Crippen LogP) is 2.89. The summed E-state index contributed by atoms with van der Waals surface area (Å²) in [6, 6.07) is 13.9. The average Bonchev–Trinajstić information content (AvgIpc) is 3.17. The number of fused-ring (bicyclic) bond motifs is 1. The van der Waals surface area contributed by atoms with Crippen molar-refractivity contribution in [3.63, 3.8) is 0 Å². The fourth-order valence-corrected chi connectivity index (χ4v) is 3.31. The number of H-pyrrole nitrogens is 1. The zero-order valence-corrected chi connectivity index (χ0v) is 14.7. The molecule has 1 amide bonds. The molecule has 1 aliphatic rings. The van der Waals surface area contributed by atoms with Crippen molar-refractivity contribution in [2.45, 2.75) is 13.0 Å². The van der Waals surface area contributed by atoms with Gasteiger partial charge in [-0.2, -0.15) is 5.10 Å². The van der Waals surface area contributed by atoms with E-state index in [1.165, 1.54) is 5.69 Å². The zero-order valence-electron chi connectivity index (χ0n) is 14.7. The van der Waals surface area contributed by atoms with E-state index in [1.54, 1.807) is 6.20 Å². The molecule has 0 unspecified atom stereocenters. The van der Waals surface area contributed by atoms with Crippen molar-refractivity contribution in [2.24, 2.45) is 0 Å². The third-order valence-corrected chi connectivity index (χ3v) is 4.84. The van der Waals surface area contributed by atoms with Crippen molar-refractivity contribution in [1.82, 2.24) is 15.5 Å². The maximum Gasteiger partial charge on any atom is 0.253 e. The van der Waals surface area contributed by atoms with E-state index in [9.17, 15) is 4.79 Å². The van der Waals surface area contributed by atoms with E-state index in [0.717, 1.165) is 42.8 Å². The number of para-hydroxylation sites is 1. The Kier molecular flexibility index (Phi) is 4.58. The number of aromatic amines is 1. The van der Waals surface area contributed by atoms with E-state index in [2.05, 4.69) is 44.7 Å². The third kappa shape index (κ3) is 3.28. The molecule has 2 aromatic carbocycles. The molecular weight excluding hydrogens is 328 g/mol. The zero-order chi connectivity index (χ0) is 17.9. The van der Waals surface area contributed by atoms with Crippen molar-refractivity contribution >= 4 is 22.5 Å². The molecule has 4 rings (SSSR count). The number of aromatic nitrogens is 2. The molecule has 0 bridgehead atoms. The highest BCUT2D eigenvalue weighted by molar-refractivity contribution is 6.05. The molecule has 0 spiro atoms. The Hall–Kier alpha value is -2.86. The number of hydrogen-bond acceptors (Lipinski definition) is 4. The lowest BCUT2D eigenvalue weighted by Crippen LogP contribution is -2.36. The molecule has 2 heterocycles. The number of ether oxygens (including phenoxy) is 1. The second-order valence-corrected chi connectivity index (χ2v) is 6.53. The van der Waals surface area contributed by atoms with Crippen molar-refractivity contribution in [3.8, 4) is 0 Å². The molecule has 2 N–H and O–H groups in total. The van der Waals surface area contributed by atoms with Crippen LogP contribution in [-0.2, 0) is 4.74 Å². The molecule has 0 radical (unpaired) electrons. The summed E-state index contributed by atoms with van der Waals surface area (Å²) in [5.74, 6) is -0.107. The minimum absolute atomic E-state index is 0.0839. The van der Waals surface area contributed by atoms with Crippen molar-refractivity contribution in [1.29, 1.82) is 0 Å². The SMILES string of the molecule is C[C@H](NC(=O)c1cccc2cn[nH]c12)c1ccc(N2CCOCC2)cc1. The predicted molar refractivity (Wildman–Crippen MR) is 101 cm³/mol. The highest BCUT2D eigenvalue weighted by atomic mass is 16.5. The monoisotopic (exact) mass is 350 g/mol. The molecule has 6 nitrogen and oxygen atoms in total. The van der Waals surface area contributed by atoms with Gasteiger partial charge in [0.25, 0.3) is 5.91 Å². The number of hydrogen-bond donors (Lipinski definition) is 2. The first-order valence-corrected chi connectivity index (χ1v) is 8.88. The van der Waals surface area contributed by atoms with Crippen molar-refractivity contribution < 1.29 is 9.53 Å². The lowest BCUT2D eigenvalue weighted by atomic mass is 10.1. The first-order valence-electron chi connectivity index (χ1n) is 8.88. The summed E-state index contributed by atoms with van der Waals surface area (Å²) in [7, 11) is 0. The minimum atomic E-state index is -0.107. The standard InChI is InChI=1S/C20H22N4O2/c1-14(15-5-7-17(8-6-15)24-9-11-26-12-10-24)22-20(25)18-4-2-3-16-13-21-23-19(16)18/h2-8,13-14H,9-12H2,1H3,(H,21,23)(H,22,25)/t14-/m0/s1. The molecular formula is C20H22N4O2. The lowest BCUT2D eigenvalue weighted by molar-refractivity contribution is 0.0941. The van der Waals surface area contributed by atoms with E-state index >= 15 is 0 Å². The highest BCUT2D eigenvalue weighted by Gasteiger charge is 2.16. The van der Waals surface area contributed by atoms with E-state index in [0.29, 0.717) is 5.56 Å². The van der Waals surface area contributed by atoms with Crippen molar-refractivity contribution in [3.05, 3.63) is 59.8 Å². The number of benzene rings is 2. The summed E-state index contributed by atoms with van der Waals surface area (Å²) < 4.78 is 5.40. The molecule has 134 valence electrons. The van der Waals surface area contributed by atoms with Gasteiger partial charge < -0.3 is 15.0 Å². The molecule has 1 aromatic heterocycles. The molecule has 6 heteroatoms. The Morgan fingerprint density at radius 2 is 1.96 bits per heavy atom. The number of rotatable bonds is 4. The van der Waals surface area contributed by atoms with Gasteiger partial charge in [0.1, 0.15) is 0 Å². The topological polar surface area (TPSA) is 70.2 Å². The normalized spacial score (nSPS) is 15.8. The van der Waals surface area contributed by atoms with Crippen LogP contribution in [0.15, 0.2) is 48.7 Å². The van der Waals surface area contributed by atoms with Gasteiger partial charge in [-0.15, -0.1) is 0 Å². The summed E-state index contributed by atoms with van der Waals surface area (Å²) in [5.41, 5.74) is 3.64. The van der Waals surface area contributed by atoms with Crippen LogP contribution in [0.3, 0.4) is 0 Å². The minimum Gasteiger partial charge on any atom is -0.378 e. The number of carbonyl (C=O) groups excluding carboxylic acids is 1. The van der Waals surface area contributed by atoms with Gasteiger partial charge in [-0.25, -0.2) is 0 Å². The van der Waals surface area contributed by atoms with E-state index in [1.807, 2.05) is 25.1 Å². The van der Waals surface area contributed by atoms with Crippen LogP contribution in [-0.4, -0.2) is 42.4 Å². The maximum absolute atomic E-state index is 12.7. The summed E-state index contributed by atoms with van der Waals surface area (Å²) in [6.07, 6.45) is 1.72. The van der Waals surface area contributed by atoms with Crippen LogP contribution in [0.4, 0.5) is 5.69 Å². The van der Waals surface area contributed by atoms with Gasteiger partial charge in [0.2, 0.25) is 0 Å². The molecule has 1 fully saturated rings. The smallest absolute Gasteiger partial charge is 0.253 e. The van der Waals surface area contributed by atoms with Crippen LogP contribution in [0, 0.1) is 0 Å². The summed E-state index contributed by atoms with van der Waals surface area (Å²) >= 11 is 0. The summed E-state index contributed by atoms with van der Waals surface area (Å²) in [5, 5.41) is 10.9. The average molecular weight is 350 g/mol. The number of anilines is 1. The fraction of sp³-hybridized carbons (Fsp3) is 0.300. The van der Waals surface area contributed by atoms with Gasteiger partial charge >= 0.3 is 0 Å². The highest BCUT2D eigenvalue weighted by Crippen LogP contribution is 2.21. The fourth-order valence-electron chi connectivity index (χ4n) is 3.31. The Morgan fingerprint density at radius 1 is 1.19 bits per heavy atom. The van der Waals surface area contributed by atoms with Gasteiger partial charge in [0.05, 0.1) is 36.5 Å². The molecule has 0 saturated carbocycles. The van der Waals surface area contributed by atoms with Crippen molar-refractivity contribution in [2.75, 3.05) is 31.2 Å². The number of carbonyl (C=O) groups is 1. The first-order chi connectivity index (χ1) is 12.7. The molecule has 3 aromatic rings. The summed E-state index contributed by atoms with van der Waals surface area (Å²) in [6.45, 7) is 5.37. The van der Waals surface area contributed by atoms with E-state index in [-0.39, 0.29) is 11.9 Å². The molecule has 1 saturated heterocycles. The van der Waals surface area contributed by atoms with Gasteiger partial charge in [-0.1, -0.05) is 24.3 Å². The van der Waals surface area contributed by atoms with E-state index < -0.39 is 0 Å². The van der Waals surface area contributed by atoms with E-state index in [4.69, 9.17) is 4.74 Å². The summed E-state index contributed by atoms with van der Waals surface area (Å²) in [4.78, 5) is 15.0. The molecule has 0 aliphatic carbocycles. The Balaban J connectivity index is 1.46. The van der Waals surface area contributed by atoms with Crippen LogP contribution < -0.4 is 10.2 Å². The number of amides is 1. The Labute approximate surface area is 152 Å². The molecule has 26 heavy (non-hydrogen) atoms. The van der Waals surface area contributed by atoms with Crippen LogP contribution in [0.25, 0.3) is 10.9 Å². The quantitative estimate of drug-likeness (QED) is 0.759. The van der Waals surface area contributed by atoms with Crippen LogP contribution in [0.1, 0.15) is 28.9 Å². The van der Waals surface area contributed by atoms with Crippen LogP contribution in [0.5, 0.6) is 0 Å². The first kappa shape index (κ1) is 16.6. The second kappa shape index (κ2) is 7.17. The van der Waals surface area contributed by atoms with Gasteiger partial charge in [-0.3, -0.25) is 9.89 Å². The van der Waals surface area contributed by atoms with Crippen LogP contribution >= 0.6 is 0 Å². The largest absolute Gasteiger partial charge is 0.378 e. The molecule has 1 atom stereocenters. The molecule has 1 aliphatic heterocycles. The lowest BCUT2D eigenvalue weighted by Gasteiger charge is -2.29. The van der Waals surface area contributed by atoms with Gasteiger partial charge in [0, 0.05) is 24.2 Å². The Bertz CT molecular complexity index is 898. The van der Waals surface area contributed by atoms with Gasteiger partial charge in [-0.05, 0) is 30.7 Å². The Morgan fingerprint density at radius 3 is 2.73 bits per heavy atom. The number of nitrogens with zero attached hydrogens (tertiary/aromatic N) is 2. The number of morpholine rings is 1. The maximum atomic E-state index is 12.7. The second-order valence-electron chi connectivity index (χ2n) is 6.53. The van der Waals surface area contributed by atoms with Gasteiger partial charge in [0.15, 0.2) is 0 Å². The van der Waals surface area contributed by atoms with Crippen LogP contribution in [0.2, 0.25) is 0 Å².